The summed E-state index contributed by atoms with van der Waals surface area (Å²) in [5, 5.41) is 7.34. The van der Waals surface area contributed by atoms with Gasteiger partial charge in [0.15, 0.2) is 5.96 Å². The molecule has 0 saturated heterocycles. The van der Waals surface area contributed by atoms with E-state index < -0.39 is 0 Å². The normalized spacial score (nSPS) is 10.0. The Bertz CT molecular complexity index is 355. The smallest absolute Gasteiger partial charge is 0.192 e. The summed E-state index contributed by atoms with van der Waals surface area (Å²) in [6, 6.07) is 3.80. The van der Waals surface area contributed by atoms with Gasteiger partial charge in [0.05, 0.1) is 5.69 Å². The number of hydrogen-bond acceptors (Lipinski definition) is 1. The number of rotatable bonds is 1. The molecule has 3 N–H and O–H groups in total. The van der Waals surface area contributed by atoms with Crippen LogP contribution in [0.25, 0.3) is 0 Å². The van der Waals surface area contributed by atoms with E-state index in [-0.39, 0.29) is 5.96 Å². The van der Waals surface area contributed by atoms with Gasteiger partial charge in [-0.15, -0.1) is 0 Å². The highest BCUT2D eigenvalue weighted by molar-refractivity contribution is 9.11. The molecule has 0 bridgehead atoms. The summed E-state index contributed by atoms with van der Waals surface area (Å²) >= 11 is 10.2. The van der Waals surface area contributed by atoms with E-state index in [1.54, 1.807) is 11.9 Å². The van der Waals surface area contributed by atoms with Crippen molar-refractivity contribution >= 4 is 59.4 Å². The van der Waals surface area contributed by atoms with Gasteiger partial charge in [-0.2, -0.15) is 0 Å². The molecule has 0 saturated carbocycles. The molecular weight excluding hydrogens is 378 g/mol. The van der Waals surface area contributed by atoms with Crippen molar-refractivity contribution in [2.75, 3.05) is 11.9 Å². The Morgan fingerprint density at radius 1 is 1.29 bits per heavy atom. The maximum Gasteiger partial charge on any atom is 0.192 e. The van der Waals surface area contributed by atoms with Gasteiger partial charge >= 0.3 is 0 Å². The lowest BCUT2D eigenvalue weighted by molar-refractivity contribution is 1.18. The molecule has 0 spiro atoms. The summed E-state index contributed by atoms with van der Waals surface area (Å²) in [5.74, 6) is -0.00581. The zero-order chi connectivity index (χ0) is 10.9. The molecule has 0 aliphatic rings. The predicted molar refractivity (Wildman–Crippen MR) is 69.9 cm³/mol. The van der Waals surface area contributed by atoms with Gasteiger partial charge in [-0.1, -0.05) is 15.9 Å². The van der Waals surface area contributed by atoms with Crippen molar-refractivity contribution in [1.29, 1.82) is 5.41 Å². The second-order valence-corrected chi connectivity index (χ2v) is 5.29. The minimum atomic E-state index is -0.00581. The highest BCUT2D eigenvalue weighted by Gasteiger charge is 2.12. The Kier molecular flexibility index (Phi) is 3.97. The quantitative estimate of drug-likeness (QED) is 0.575. The molecular formula is C8H8Br3N3. The summed E-state index contributed by atoms with van der Waals surface area (Å²) in [6.45, 7) is 0. The van der Waals surface area contributed by atoms with Crippen LogP contribution < -0.4 is 10.6 Å². The number of nitrogens with zero attached hydrogens (tertiary/aromatic N) is 1. The van der Waals surface area contributed by atoms with Crippen molar-refractivity contribution in [2.45, 2.75) is 0 Å². The molecule has 0 fully saturated rings. The van der Waals surface area contributed by atoms with Crippen molar-refractivity contribution in [1.82, 2.24) is 0 Å². The van der Waals surface area contributed by atoms with E-state index in [1.807, 2.05) is 12.1 Å². The lowest BCUT2D eigenvalue weighted by Gasteiger charge is -2.20. The summed E-state index contributed by atoms with van der Waals surface area (Å²) in [4.78, 5) is 1.58. The zero-order valence-electron chi connectivity index (χ0n) is 7.31. The number of nitrogens with two attached hydrogens (primary N) is 1. The summed E-state index contributed by atoms with van der Waals surface area (Å²) < 4.78 is 2.70. The highest BCUT2D eigenvalue weighted by atomic mass is 79.9. The number of guanidine groups is 1. The minimum Gasteiger partial charge on any atom is -0.370 e. The molecule has 1 aromatic carbocycles. The molecule has 76 valence electrons. The number of nitrogens with one attached hydrogen (secondary N) is 1. The summed E-state index contributed by atoms with van der Waals surface area (Å²) in [5.41, 5.74) is 6.23. The van der Waals surface area contributed by atoms with Crippen molar-refractivity contribution < 1.29 is 0 Å². The fourth-order valence-electron chi connectivity index (χ4n) is 0.975. The Hall–Kier alpha value is -0.0700. The Balaban J connectivity index is 3.27. The number of anilines is 1. The first kappa shape index (κ1) is 12.0. The van der Waals surface area contributed by atoms with Gasteiger partial charge in [-0.25, -0.2) is 0 Å². The first-order valence-corrected chi connectivity index (χ1v) is 6.03. The molecule has 1 rings (SSSR count). The average molecular weight is 386 g/mol. The molecule has 0 aromatic heterocycles. The van der Waals surface area contributed by atoms with Crippen LogP contribution in [0.2, 0.25) is 0 Å². The van der Waals surface area contributed by atoms with Crippen LogP contribution in [0.1, 0.15) is 0 Å². The van der Waals surface area contributed by atoms with Crippen LogP contribution in [0.5, 0.6) is 0 Å². The van der Waals surface area contributed by atoms with Gasteiger partial charge in [-0.05, 0) is 44.0 Å². The van der Waals surface area contributed by atoms with Gasteiger partial charge in [0.25, 0.3) is 0 Å². The Morgan fingerprint density at radius 3 is 2.07 bits per heavy atom. The molecule has 0 atom stereocenters. The highest BCUT2D eigenvalue weighted by Crippen LogP contribution is 2.36. The molecule has 0 aliphatic heterocycles. The summed E-state index contributed by atoms with van der Waals surface area (Å²) in [6.07, 6.45) is 0. The van der Waals surface area contributed by atoms with Crippen LogP contribution in [0.3, 0.4) is 0 Å². The van der Waals surface area contributed by atoms with Gasteiger partial charge < -0.3 is 10.6 Å². The van der Waals surface area contributed by atoms with Crippen LogP contribution in [-0.4, -0.2) is 13.0 Å². The van der Waals surface area contributed by atoms with E-state index >= 15 is 0 Å². The van der Waals surface area contributed by atoms with Crippen LogP contribution in [0, 0.1) is 5.41 Å². The fraction of sp³-hybridized carbons (Fsp3) is 0.125. The third-order valence-corrected chi connectivity index (χ3v) is 3.35. The molecule has 6 heteroatoms. The molecule has 0 aliphatic carbocycles. The molecule has 0 unspecified atom stereocenters. The third-order valence-electron chi connectivity index (χ3n) is 1.68. The number of hydrogen-bond donors (Lipinski definition) is 2. The van der Waals surface area contributed by atoms with E-state index in [4.69, 9.17) is 11.1 Å². The first-order chi connectivity index (χ1) is 6.43. The van der Waals surface area contributed by atoms with Gasteiger partial charge in [-0.3, -0.25) is 5.41 Å². The van der Waals surface area contributed by atoms with Crippen molar-refractivity contribution in [3.63, 3.8) is 0 Å². The van der Waals surface area contributed by atoms with Crippen LogP contribution >= 0.6 is 47.8 Å². The lowest BCUT2D eigenvalue weighted by atomic mass is 10.3. The third kappa shape index (κ3) is 2.49. The fourth-order valence-corrected chi connectivity index (χ4v) is 3.77. The van der Waals surface area contributed by atoms with E-state index in [1.165, 1.54) is 0 Å². The standard InChI is InChI=1S/C8H8Br3N3/c1-14(8(12)13)7-5(10)2-4(9)3-6(7)11/h2-3H,1H3,(H3,12,13). The maximum atomic E-state index is 7.34. The van der Waals surface area contributed by atoms with E-state index in [0.29, 0.717) is 0 Å². The van der Waals surface area contributed by atoms with E-state index in [2.05, 4.69) is 47.8 Å². The Morgan fingerprint density at radius 2 is 1.71 bits per heavy atom. The van der Waals surface area contributed by atoms with Gasteiger partial charge in [0.2, 0.25) is 0 Å². The largest absolute Gasteiger partial charge is 0.370 e. The van der Waals surface area contributed by atoms with E-state index in [9.17, 15) is 0 Å². The summed E-state index contributed by atoms with van der Waals surface area (Å²) in [7, 11) is 1.74. The molecule has 1 aromatic rings. The molecule has 0 heterocycles. The van der Waals surface area contributed by atoms with Crippen molar-refractivity contribution in [3.05, 3.63) is 25.6 Å². The zero-order valence-corrected chi connectivity index (χ0v) is 12.1. The van der Waals surface area contributed by atoms with Crippen LogP contribution in [0.4, 0.5) is 5.69 Å². The van der Waals surface area contributed by atoms with Crippen LogP contribution in [-0.2, 0) is 0 Å². The van der Waals surface area contributed by atoms with Crippen LogP contribution in [0.15, 0.2) is 25.6 Å². The molecule has 0 radical (unpaired) electrons. The topological polar surface area (TPSA) is 53.1 Å². The number of benzene rings is 1. The maximum absolute atomic E-state index is 7.34. The molecule has 3 nitrogen and oxygen atoms in total. The first-order valence-electron chi connectivity index (χ1n) is 3.65. The SMILES string of the molecule is CN(C(=N)N)c1c(Br)cc(Br)cc1Br. The lowest BCUT2D eigenvalue weighted by Crippen LogP contribution is -2.33. The van der Waals surface area contributed by atoms with E-state index in [0.717, 1.165) is 19.1 Å². The number of halogens is 3. The minimum absolute atomic E-state index is 0.00581. The molecule has 14 heavy (non-hydrogen) atoms. The van der Waals surface area contributed by atoms with Crippen molar-refractivity contribution in [3.8, 4) is 0 Å². The second-order valence-electron chi connectivity index (χ2n) is 2.66. The molecule has 0 amide bonds. The predicted octanol–water partition coefficient (Wildman–Crippen LogP) is 3.30. The van der Waals surface area contributed by atoms with Crippen molar-refractivity contribution in [2.24, 2.45) is 5.73 Å². The average Bonchev–Trinajstić information content (AvgIpc) is 2.01. The second kappa shape index (κ2) is 4.63. The van der Waals surface area contributed by atoms with Gasteiger partial charge in [0.1, 0.15) is 0 Å². The Labute approximate surface area is 108 Å². The monoisotopic (exact) mass is 383 g/mol. The van der Waals surface area contributed by atoms with Gasteiger partial charge in [0, 0.05) is 20.5 Å².